The molecule has 20 heteroatoms. The topological polar surface area (TPSA) is 212 Å². The van der Waals surface area contributed by atoms with Gasteiger partial charge in [0.25, 0.3) is 0 Å². The van der Waals surface area contributed by atoms with Gasteiger partial charge in [0.2, 0.25) is 0 Å². The number of hydrogen-bond acceptors (Lipinski definition) is 17. The summed E-state index contributed by atoms with van der Waals surface area (Å²) in [5.41, 5.74) is 16.8. The summed E-state index contributed by atoms with van der Waals surface area (Å²) in [5, 5.41) is 4.57. The van der Waals surface area contributed by atoms with Gasteiger partial charge in [0, 0.05) is 17.4 Å². The van der Waals surface area contributed by atoms with Crippen molar-refractivity contribution in [3.63, 3.8) is 0 Å². The van der Waals surface area contributed by atoms with Crippen LogP contribution in [0.1, 0.15) is 86.7 Å². The Bertz CT molecular complexity index is 3690. The van der Waals surface area contributed by atoms with Crippen molar-refractivity contribution in [1.29, 1.82) is 0 Å². The number of unbranched alkanes of at least 4 members (excludes halogenated alkanes) is 3. The first-order valence-corrected chi connectivity index (χ1v) is 34.7. The number of carbonyl (C=O) groups excluding carboxylic acids is 2. The SMILES string of the molecule is C[C@@H]1O[C@@H](O[C@@H]2[C@@H](N=[N+]=[N-])[C@H](O[C@H]3[C@@H](OCc4ccccc4)[C@@H](COC(=O)c4ccccc4)O[C@@H](OCCCCCCCl)[C@@H]3OCc3ccccc3)O[C@H](COC(=O)c3ccccc3)[C@H]2OCc2ccccc2)[C@@H](OCc2ccccc2)[C@H](OCc2ccccc2)[C@@H]1OCc1ccccc1. The number of azide groups is 1. The van der Waals surface area contributed by atoms with Crippen molar-refractivity contribution in [2.45, 2.75) is 164 Å². The molecule has 3 aliphatic heterocycles. The first kappa shape index (κ1) is 73.1. The van der Waals surface area contributed by atoms with E-state index < -0.39 is 111 Å². The van der Waals surface area contributed by atoms with Gasteiger partial charge in [0.1, 0.15) is 80.3 Å². The Hall–Kier alpha value is -8.18. The van der Waals surface area contributed by atoms with E-state index in [1.54, 1.807) is 54.6 Å². The minimum absolute atomic E-state index is 0.0144. The molecule has 0 aliphatic carbocycles. The van der Waals surface area contributed by atoms with E-state index in [1.807, 2.05) is 195 Å². The summed E-state index contributed by atoms with van der Waals surface area (Å²) in [6, 6.07) is 73.7. The molecule has 524 valence electrons. The molecule has 0 N–H and O–H groups in total. The van der Waals surface area contributed by atoms with Crippen LogP contribution in [-0.2, 0) is 106 Å². The minimum Gasteiger partial charge on any atom is -0.459 e. The molecule has 100 heavy (non-hydrogen) atoms. The number of alkyl halides is 1. The zero-order valence-corrected chi connectivity index (χ0v) is 56.7. The number of halogens is 1. The molecule has 3 aliphatic rings. The molecule has 0 saturated carbocycles. The highest BCUT2D eigenvalue weighted by atomic mass is 35.5. The third kappa shape index (κ3) is 21.2. The van der Waals surface area contributed by atoms with Crippen LogP contribution in [0.25, 0.3) is 10.4 Å². The number of esters is 2. The summed E-state index contributed by atoms with van der Waals surface area (Å²) < 4.78 is 97.8. The lowest BCUT2D eigenvalue weighted by Gasteiger charge is -2.51. The first-order chi connectivity index (χ1) is 49.3. The fraction of sp³-hybridized carbons (Fsp3) is 0.375. The van der Waals surface area contributed by atoms with Crippen LogP contribution in [0.3, 0.4) is 0 Å². The minimum atomic E-state index is -1.63. The van der Waals surface area contributed by atoms with E-state index in [4.69, 9.17) is 77.9 Å². The molecule has 0 radical (unpaired) electrons. The third-order valence-corrected chi connectivity index (χ3v) is 17.8. The van der Waals surface area contributed by atoms with Crippen LogP contribution in [0.15, 0.2) is 248 Å². The van der Waals surface area contributed by atoms with Crippen molar-refractivity contribution in [3.8, 4) is 0 Å². The lowest BCUT2D eigenvalue weighted by Crippen LogP contribution is -2.67. The summed E-state index contributed by atoms with van der Waals surface area (Å²) in [7, 11) is 0. The molecule has 19 nitrogen and oxygen atoms in total. The Balaban J connectivity index is 1.03. The molecular weight excluding hydrogens is 1290 g/mol. The second-order valence-electron chi connectivity index (χ2n) is 24.7. The Morgan fingerprint density at radius 3 is 1.13 bits per heavy atom. The van der Waals surface area contributed by atoms with Crippen LogP contribution in [0, 0.1) is 0 Å². The molecule has 0 spiro atoms. The van der Waals surface area contributed by atoms with Crippen molar-refractivity contribution < 1.29 is 75.9 Å². The van der Waals surface area contributed by atoms with Crippen molar-refractivity contribution in [1.82, 2.24) is 0 Å². The van der Waals surface area contributed by atoms with Crippen LogP contribution in [0.2, 0.25) is 0 Å². The van der Waals surface area contributed by atoms with Crippen molar-refractivity contribution in [2.24, 2.45) is 5.11 Å². The first-order valence-electron chi connectivity index (χ1n) is 34.1. The van der Waals surface area contributed by atoms with Crippen LogP contribution < -0.4 is 0 Å². The lowest BCUT2D eigenvalue weighted by molar-refractivity contribution is -0.376. The van der Waals surface area contributed by atoms with E-state index in [1.165, 1.54) is 0 Å². The summed E-state index contributed by atoms with van der Waals surface area (Å²) in [6.45, 7) is 1.84. The van der Waals surface area contributed by atoms with Gasteiger partial charge in [-0.1, -0.05) is 236 Å². The average Bonchev–Trinajstić information content (AvgIpc) is 0.759. The lowest BCUT2D eigenvalue weighted by atomic mass is 9.94. The third-order valence-electron chi connectivity index (χ3n) is 17.5. The van der Waals surface area contributed by atoms with E-state index in [2.05, 4.69) is 10.0 Å². The summed E-state index contributed by atoms with van der Waals surface area (Å²) in [4.78, 5) is 31.8. The number of hydrogen-bond donors (Lipinski definition) is 0. The molecule has 0 unspecified atom stereocenters. The van der Waals surface area contributed by atoms with E-state index >= 15 is 0 Å². The summed E-state index contributed by atoms with van der Waals surface area (Å²) in [6.07, 6.45) is -13.1. The van der Waals surface area contributed by atoms with Crippen LogP contribution in [-0.4, -0.2) is 130 Å². The highest BCUT2D eigenvalue weighted by molar-refractivity contribution is 6.17. The van der Waals surface area contributed by atoms with Gasteiger partial charge in [-0.15, -0.1) is 11.6 Å². The van der Waals surface area contributed by atoms with Crippen LogP contribution >= 0.6 is 11.6 Å². The Labute approximate surface area is 589 Å². The second-order valence-corrected chi connectivity index (χ2v) is 25.0. The number of carbonyl (C=O) groups is 2. The van der Waals surface area contributed by atoms with Gasteiger partial charge < -0.3 is 66.3 Å². The van der Waals surface area contributed by atoms with Crippen LogP contribution in [0.5, 0.6) is 0 Å². The fourth-order valence-corrected chi connectivity index (χ4v) is 12.5. The second kappa shape index (κ2) is 39.1. The molecule has 0 aromatic heterocycles. The summed E-state index contributed by atoms with van der Waals surface area (Å²) in [5.74, 6) is -0.732. The molecule has 3 fully saturated rings. The van der Waals surface area contributed by atoms with Gasteiger partial charge in [-0.05, 0) is 82.9 Å². The summed E-state index contributed by atoms with van der Waals surface area (Å²) >= 11 is 6.12. The van der Waals surface area contributed by atoms with Gasteiger partial charge in [0.15, 0.2) is 18.9 Å². The molecule has 3 saturated heterocycles. The zero-order chi connectivity index (χ0) is 68.9. The van der Waals surface area contributed by atoms with E-state index in [9.17, 15) is 15.1 Å². The van der Waals surface area contributed by atoms with E-state index in [0.717, 1.165) is 52.6 Å². The Morgan fingerprint density at radius 2 is 0.720 bits per heavy atom. The highest BCUT2D eigenvalue weighted by Gasteiger charge is 2.57. The molecule has 3 heterocycles. The average molecular weight is 1380 g/mol. The molecule has 0 amide bonds. The quantitative estimate of drug-likeness (QED) is 0.00892. The maximum atomic E-state index is 14.3. The van der Waals surface area contributed by atoms with Gasteiger partial charge in [-0.3, -0.25) is 0 Å². The van der Waals surface area contributed by atoms with Gasteiger partial charge in [0.05, 0.1) is 56.9 Å². The molecule has 0 bridgehead atoms. The van der Waals surface area contributed by atoms with E-state index in [-0.39, 0.29) is 58.4 Å². The molecule has 8 aromatic rings. The number of rotatable bonds is 36. The predicted octanol–water partition coefficient (Wildman–Crippen LogP) is 14.7. The predicted molar refractivity (Wildman–Crippen MR) is 373 cm³/mol. The number of benzene rings is 8. The Morgan fingerprint density at radius 1 is 0.380 bits per heavy atom. The maximum absolute atomic E-state index is 14.3. The molecule has 8 aromatic carbocycles. The van der Waals surface area contributed by atoms with Crippen molar-refractivity contribution in [2.75, 3.05) is 25.7 Å². The smallest absolute Gasteiger partial charge is 0.338 e. The normalized spacial score (nSPS) is 25.1. The van der Waals surface area contributed by atoms with Crippen molar-refractivity contribution in [3.05, 3.63) is 298 Å². The Kier molecular flexibility index (Phi) is 28.6. The fourth-order valence-electron chi connectivity index (χ4n) is 12.3. The molecular formula is C80H86ClN3O16. The van der Waals surface area contributed by atoms with Gasteiger partial charge in [-0.2, -0.15) is 0 Å². The van der Waals surface area contributed by atoms with Crippen LogP contribution in [0.4, 0.5) is 0 Å². The highest BCUT2D eigenvalue weighted by Crippen LogP contribution is 2.40. The largest absolute Gasteiger partial charge is 0.459 e. The van der Waals surface area contributed by atoms with Gasteiger partial charge >= 0.3 is 11.9 Å². The van der Waals surface area contributed by atoms with Crippen molar-refractivity contribution >= 4 is 23.5 Å². The molecule has 15 atom stereocenters. The number of nitrogens with zero attached hydrogens (tertiary/aromatic N) is 3. The number of ether oxygens (including phenoxy) is 14. The van der Waals surface area contributed by atoms with Gasteiger partial charge in [-0.25, -0.2) is 9.59 Å². The standard InChI is InChI=1S/C80H86ClN3O16/c1-56-68(88-48-57-30-12-4-13-31-57)72(91-51-60-36-18-7-19-37-60)74(92-52-61-38-20-8-21-39-61)80(96-56)99-71-67(83-84-82)78(97-65(54-94-76(85)63-42-24-10-25-43-63)69(71)89-49-58-32-14-5-15-33-58)100-73-70(90-50-59-34-16-6-17-35-59)66(55-95-77(86)64-44-26-11-27-45-64)98-79(87-47-29-3-2-28-46-81)75(73)93-53-62-40-22-9-23-41-62/h4-27,30-45,56,65-75,78-80H,2-3,28-29,46-55H2,1H3/t56-,65+,66+,67+,68+,69+,70-,71+,72+,73-,74-,75+,78-,79+,80-/m0/s1. The monoisotopic (exact) mass is 1380 g/mol. The molecule has 11 rings (SSSR count). The zero-order valence-electron chi connectivity index (χ0n) is 55.9. The maximum Gasteiger partial charge on any atom is 0.338 e. The van der Waals surface area contributed by atoms with E-state index in [0.29, 0.717) is 17.9 Å².